The van der Waals surface area contributed by atoms with E-state index in [2.05, 4.69) is 22.3 Å². The minimum absolute atomic E-state index is 0.461. The molecule has 1 aromatic carbocycles. The van der Waals surface area contributed by atoms with Gasteiger partial charge in [0.25, 0.3) is 0 Å². The van der Waals surface area contributed by atoms with Crippen LogP contribution >= 0.6 is 0 Å². The molecule has 0 unspecified atom stereocenters. The lowest BCUT2D eigenvalue weighted by Crippen LogP contribution is -2.49. The second-order valence-electron chi connectivity index (χ2n) is 5.72. The molecule has 1 N–H and O–H groups in total. The first-order valence-corrected chi connectivity index (χ1v) is 7.43. The van der Waals surface area contributed by atoms with E-state index in [0.29, 0.717) is 26.2 Å². The second-order valence-corrected chi connectivity index (χ2v) is 5.72. The van der Waals surface area contributed by atoms with Crippen LogP contribution in [0.1, 0.15) is 12.0 Å². The van der Waals surface area contributed by atoms with Gasteiger partial charge in [-0.05, 0) is 24.5 Å². The normalized spacial score (nSPS) is 20.0. The molecule has 0 radical (unpaired) electrons. The van der Waals surface area contributed by atoms with E-state index in [1.807, 2.05) is 6.07 Å². The van der Waals surface area contributed by atoms with E-state index in [-0.39, 0.29) is 0 Å². The van der Waals surface area contributed by atoms with Crippen LogP contribution in [0.25, 0.3) is 0 Å². The lowest BCUT2D eigenvalue weighted by Gasteiger charge is -2.38. The molecule has 3 rings (SSSR count). The van der Waals surface area contributed by atoms with Crippen molar-refractivity contribution in [2.75, 3.05) is 49.5 Å². The number of fused-ring (bicyclic) bond motifs is 1. The zero-order valence-electron chi connectivity index (χ0n) is 11.9. The number of nitrogens with one attached hydrogen (secondary N) is 1. The van der Waals surface area contributed by atoms with Crippen molar-refractivity contribution < 1.29 is 13.2 Å². The van der Waals surface area contributed by atoms with Gasteiger partial charge in [-0.1, -0.05) is 12.1 Å². The molecule has 0 atom stereocenters. The molecule has 3 nitrogen and oxygen atoms in total. The summed E-state index contributed by atoms with van der Waals surface area (Å²) in [7, 11) is 0. The first kappa shape index (κ1) is 14.5. The van der Waals surface area contributed by atoms with Crippen LogP contribution in [0.3, 0.4) is 0 Å². The van der Waals surface area contributed by atoms with Crippen LogP contribution in [0.5, 0.6) is 0 Å². The molecule has 0 aliphatic carbocycles. The number of halogens is 3. The van der Waals surface area contributed by atoms with Crippen LogP contribution in [-0.4, -0.2) is 50.3 Å². The van der Waals surface area contributed by atoms with E-state index in [9.17, 15) is 13.2 Å². The molecule has 2 heterocycles. The van der Waals surface area contributed by atoms with Crippen molar-refractivity contribution in [2.24, 2.45) is 0 Å². The third-order valence-corrected chi connectivity index (χ3v) is 4.17. The minimum Gasteiger partial charge on any atom is -0.383 e. The fourth-order valence-electron chi connectivity index (χ4n) is 3.16. The number of para-hydroxylation sites is 1. The molecular formula is C15H20F3N3. The second kappa shape index (κ2) is 5.75. The molecule has 1 fully saturated rings. The zero-order valence-corrected chi connectivity index (χ0v) is 11.9. The maximum atomic E-state index is 12.4. The molecule has 0 spiro atoms. The summed E-state index contributed by atoms with van der Waals surface area (Å²) < 4.78 is 37.3. The van der Waals surface area contributed by atoms with Gasteiger partial charge in [-0.3, -0.25) is 4.90 Å². The fourth-order valence-corrected chi connectivity index (χ4v) is 3.16. The maximum Gasteiger partial charge on any atom is 0.401 e. The topological polar surface area (TPSA) is 18.5 Å². The van der Waals surface area contributed by atoms with Crippen LogP contribution in [0.4, 0.5) is 24.5 Å². The van der Waals surface area contributed by atoms with Gasteiger partial charge in [0, 0.05) is 32.7 Å². The quantitative estimate of drug-likeness (QED) is 0.906. The Kier molecular flexibility index (Phi) is 3.97. The van der Waals surface area contributed by atoms with Crippen LogP contribution in [0, 0.1) is 0 Å². The van der Waals surface area contributed by atoms with Crippen molar-refractivity contribution in [1.29, 1.82) is 0 Å². The van der Waals surface area contributed by atoms with Gasteiger partial charge >= 0.3 is 6.18 Å². The van der Waals surface area contributed by atoms with Crippen molar-refractivity contribution in [1.82, 2.24) is 4.90 Å². The minimum atomic E-state index is -4.10. The highest BCUT2D eigenvalue weighted by Gasteiger charge is 2.32. The van der Waals surface area contributed by atoms with E-state index < -0.39 is 12.7 Å². The zero-order chi connectivity index (χ0) is 14.9. The summed E-state index contributed by atoms with van der Waals surface area (Å²) >= 11 is 0. The Labute approximate surface area is 122 Å². The van der Waals surface area contributed by atoms with Gasteiger partial charge in [-0.15, -0.1) is 0 Å². The molecule has 6 heteroatoms. The van der Waals surface area contributed by atoms with Gasteiger partial charge in [0.1, 0.15) is 0 Å². The molecule has 0 aromatic heterocycles. The molecule has 0 amide bonds. The first-order chi connectivity index (χ1) is 10.0. The number of aryl methyl sites for hydroxylation is 1. The number of hydrogen-bond acceptors (Lipinski definition) is 3. The van der Waals surface area contributed by atoms with Crippen molar-refractivity contribution in [3.63, 3.8) is 0 Å². The van der Waals surface area contributed by atoms with Gasteiger partial charge in [0.15, 0.2) is 0 Å². The van der Waals surface area contributed by atoms with Gasteiger partial charge in [-0.25, -0.2) is 0 Å². The standard InChI is InChI=1S/C15H20F3N3/c16-15(17,18)11-20-7-9-21(10-8-20)13-5-1-3-12-4-2-6-19-14(12)13/h1,3,5,19H,2,4,6-11H2. The number of benzene rings is 1. The molecule has 2 aliphatic heterocycles. The third kappa shape index (κ3) is 3.43. The lowest BCUT2D eigenvalue weighted by molar-refractivity contribution is -0.146. The van der Waals surface area contributed by atoms with E-state index in [1.54, 1.807) is 0 Å². The lowest BCUT2D eigenvalue weighted by atomic mass is 10.0. The van der Waals surface area contributed by atoms with Gasteiger partial charge < -0.3 is 10.2 Å². The third-order valence-electron chi connectivity index (χ3n) is 4.17. The Balaban J connectivity index is 1.67. The molecule has 1 aromatic rings. The summed E-state index contributed by atoms with van der Waals surface area (Å²) in [5.41, 5.74) is 3.63. The number of piperazine rings is 1. The summed E-state index contributed by atoms with van der Waals surface area (Å²) in [4.78, 5) is 3.68. The average molecular weight is 299 g/mol. The van der Waals surface area contributed by atoms with E-state index in [4.69, 9.17) is 0 Å². The van der Waals surface area contributed by atoms with Crippen molar-refractivity contribution >= 4 is 11.4 Å². The Bertz CT molecular complexity index is 493. The number of rotatable bonds is 2. The largest absolute Gasteiger partial charge is 0.401 e. The molecule has 1 saturated heterocycles. The highest BCUT2D eigenvalue weighted by molar-refractivity contribution is 5.74. The van der Waals surface area contributed by atoms with Crippen molar-refractivity contribution in [2.45, 2.75) is 19.0 Å². The summed E-state index contributed by atoms with van der Waals surface area (Å²) in [6.45, 7) is 2.39. The predicted octanol–water partition coefficient (Wildman–Crippen LogP) is 2.73. The van der Waals surface area contributed by atoms with Crippen molar-refractivity contribution in [3.8, 4) is 0 Å². The smallest absolute Gasteiger partial charge is 0.383 e. The van der Waals surface area contributed by atoms with E-state index in [0.717, 1.165) is 25.1 Å². The maximum absolute atomic E-state index is 12.4. The van der Waals surface area contributed by atoms with Gasteiger partial charge in [-0.2, -0.15) is 13.2 Å². The first-order valence-electron chi connectivity index (χ1n) is 7.43. The Morgan fingerprint density at radius 3 is 2.57 bits per heavy atom. The predicted molar refractivity (Wildman–Crippen MR) is 78.0 cm³/mol. The van der Waals surface area contributed by atoms with E-state index >= 15 is 0 Å². The summed E-state index contributed by atoms with van der Waals surface area (Å²) in [5.74, 6) is 0. The summed E-state index contributed by atoms with van der Waals surface area (Å²) in [5, 5.41) is 3.44. The van der Waals surface area contributed by atoms with E-state index in [1.165, 1.54) is 16.2 Å². The summed E-state index contributed by atoms with van der Waals surface area (Å²) in [6, 6.07) is 6.24. The molecule has 2 aliphatic rings. The Morgan fingerprint density at radius 2 is 1.86 bits per heavy atom. The average Bonchev–Trinajstić information content (AvgIpc) is 2.46. The van der Waals surface area contributed by atoms with Gasteiger partial charge in [0.2, 0.25) is 0 Å². The molecule has 116 valence electrons. The van der Waals surface area contributed by atoms with Crippen molar-refractivity contribution in [3.05, 3.63) is 23.8 Å². The molecule has 0 saturated carbocycles. The molecule has 0 bridgehead atoms. The fraction of sp³-hybridized carbons (Fsp3) is 0.600. The Morgan fingerprint density at radius 1 is 1.10 bits per heavy atom. The van der Waals surface area contributed by atoms with Crippen LogP contribution in [-0.2, 0) is 6.42 Å². The summed E-state index contributed by atoms with van der Waals surface area (Å²) in [6.07, 6.45) is -1.89. The number of hydrogen-bond donors (Lipinski definition) is 1. The SMILES string of the molecule is FC(F)(F)CN1CCN(c2cccc3c2NCCC3)CC1. The monoisotopic (exact) mass is 299 g/mol. The Hall–Kier alpha value is -1.43. The van der Waals surface area contributed by atoms with Gasteiger partial charge in [0.05, 0.1) is 17.9 Å². The van der Waals surface area contributed by atoms with Crippen LogP contribution in [0.15, 0.2) is 18.2 Å². The highest BCUT2D eigenvalue weighted by Crippen LogP contribution is 2.33. The number of anilines is 2. The van der Waals surface area contributed by atoms with Crippen LogP contribution < -0.4 is 10.2 Å². The molecular weight excluding hydrogens is 279 g/mol. The molecule has 21 heavy (non-hydrogen) atoms. The number of alkyl halides is 3. The highest BCUT2D eigenvalue weighted by atomic mass is 19.4. The van der Waals surface area contributed by atoms with Crippen LogP contribution in [0.2, 0.25) is 0 Å². The number of nitrogens with zero attached hydrogens (tertiary/aromatic N) is 2.